The SMILES string of the molecule is CC1(C)CC[C@H](C(=O)O)CO1.COC(=O)[C@H]1CCC(C)(C)OC1.[Na+].[OH-]. The minimum Gasteiger partial charge on any atom is -0.870 e. The van der Waals surface area contributed by atoms with E-state index < -0.39 is 5.97 Å². The van der Waals surface area contributed by atoms with Crippen molar-refractivity contribution in [1.82, 2.24) is 0 Å². The van der Waals surface area contributed by atoms with Crippen LogP contribution < -0.4 is 29.6 Å². The van der Waals surface area contributed by atoms with Crippen molar-refractivity contribution >= 4 is 11.9 Å². The monoisotopic (exact) mass is 370 g/mol. The number of carboxylic acid groups (broad SMARTS) is 1. The Balaban J connectivity index is 0. The first-order valence-corrected chi connectivity index (χ1v) is 8.15. The Hall–Kier alpha value is -0.180. The van der Waals surface area contributed by atoms with E-state index in [0.29, 0.717) is 13.2 Å². The third kappa shape index (κ3) is 9.92. The maximum atomic E-state index is 11.1. The van der Waals surface area contributed by atoms with Crippen LogP contribution in [0.4, 0.5) is 0 Å². The van der Waals surface area contributed by atoms with Crippen LogP contribution in [0.1, 0.15) is 53.4 Å². The van der Waals surface area contributed by atoms with E-state index in [1.807, 2.05) is 27.7 Å². The van der Waals surface area contributed by atoms with Gasteiger partial charge < -0.3 is 24.8 Å². The van der Waals surface area contributed by atoms with Crippen LogP contribution in [0.2, 0.25) is 0 Å². The van der Waals surface area contributed by atoms with E-state index in [4.69, 9.17) is 14.6 Å². The van der Waals surface area contributed by atoms with Crippen molar-refractivity contribution < 1.29 is 63.9 Å². The van der Waals surface area contributed by atoms with Crippen molar-refractivity contribution in [3.8, 4) is 0 Å². The molecule has 7 nitrogen and oxygen atoms in total. The van der Waals surface area contributed by atoms with E-state index in [-0.39, 0.29) is 64.0 Å². The van der Waals surface area contributed by atoms with E-state index in [2.05, 4.69) is 4.74 Å². The van der Waals surface area contributed by atoms with Gasteiger partial charge in [-0.2, -0.15) is 0 Å². The molecule has 0 aromatic carbocycles. The Labute approximate surface area is 172 Å². The fraction of sp³-hybridized carbons (Fsp3) is 0.882. The summed E-state index contributed by atoms with van der Waals surface area (Å²) in [5.41, 5.74) is -0.184. The third-order valence-corrected chi connectivity index (χ3v) is 4.42. The number of carbonyl (C=O) groups excluding carboxylic acids is 1. The zero-order chi connectivity index (χ0) is 17.7. The molecule has 2 rings (SSSR count). The van der Waals surface area contributed by atoms with E-state index in [1.54, 1.807) is 0 Å². The minimum absolute atomic E-state index is 0. The number of aliphatic carboxylic acids is 1. The van der Waals surface area contributed by atoms with Gasteiger partial charge in [-0.25, -0.2) is 0 Å². The predicted octanol–water partition coefficient (Wildman–Crippen LogP) is -0.532. The van der Waals surface area contributed by atoms with Crippen LogP contribution in [0, 0.1) is 11.8 Å². The molecule has 8 heteroatoms. The molecule has 0 spiro atoms. The van der Waals surface area contributed by atoms with Gasteiger partial charge in [0.05, 0.1) is 43.4 Å². The van der Waals surface area contributed by atoms with Crippen molar-refractivity contribution in [3.63, 3.8) is 0 Å². The van der Waals surface area contributed by atoms with Gasteiger partial charge in [0.1, 0.15) is 0 Å². The third-order valence-electron chi connectivity index (χ3n) is 4.42. The number of carboxylic acids is 1. The van der Waals surface area contributed by atoms with Crippen LogP contribution in [0.25, 0.3) is 0 Å². The molecular weight excluding hydrogens is 339 g/mol. The van der Waals surface area contributed by atoms with Crippen LogP contribution in [0.3, 0.4) is 0 Å². The van der Waals surface area contributed by atoms with Gasteiger partial charge in [-0.05, 0) is 53.4 Å². The molecule has 2 fully saturated rings. The molecule has 2 aliphatic rings. The number of ether oxygens (including phenoxy) is 3. The summed E-state index contributed by atoms with van der Waals surface area (Å²) in [7, 11) is 1.42. The fourth-order valence-corrected chi connectivity index (χ4v) is 2.55. The average molecular weight is 370 g/mol. The largest absolute Gasteiger partial charge is 1.00 e. The fourth-order valence-electron chi connectivity index (χ4n) is 2.55. The number of esters is 1. The molecule has 2 heterocycles. The molecule has 142 valence electrons. The molecule has 0 radical (unpaired) electrons. The van der Waals surface area contributed by atoms with Gasteiger partial charge in [0.2, 0.25) is 0 Å². The van der Waals surface area contributed by atoms with Crippen LogP contribution in [0.15, 0.2) is 0 Å². The van der Waals surface area contributed by atoms with E-state index in [9.17, 15) is 9.59 Å². The van der Waals surface area contributed by atoms with Gasteiger partial charge in [0, 0.05) is 0 Å². The van der Waals surface area contributed by atoms with E-state index in [0.717, 1.165) is 25.7 Å². The standard InChI is InChI=1S/C9H16O3.C8H14O3.Na.H2O/c1-9(2)5-4-7(6-12-9)8(10)11-3;1-8(2)4-3-6(5-11-8)7(9)10;;/h7H,4-6H2,1-3H3;6H,3-5H2,1-2H3,(H,9,10);;1H2/q;;+1;/p-1/t7-;6-;;/m00../s1. The summed E-state index contributed by atoms with van der Waals surface area (Å²) in [6.07, 6.45) is 3.37. The van der Waals surface area contributed by atoms with Crippen molar-refractivity contribution in [2.24, 2.45) is 11.8 Å². The Morgan fingerprint density at radius 2 is 1.36 bits per heavy atom. The van der Waals surface area contributed by atoms with Gasteiger partial charge in [-0.1, -0.05) is 0 Å². The second-order valence-corrected chi connectivity index (χ2v) is 7.47. The summed E-state index contributed by atoms with van der Waals surface area (Å²) in [6, 6.07) is 0. The minimum atomic E-state index is -0.736. The second-order valence-electron chi connectivity index (χ2n) is 7.47. The van der Waals surface area contributed by atoms with Gasteiger partial charge in [-0.3, -0.25) is 9.59 Å². The Morgan fingerprint density at radius 1 is 0.960 bits per heavy atom. The zero-order valence-electron chi connectivity index (χ0n) is 16.3. The Morgan fingerprint density at radius 3 is 1.64 bits per heavy atom. The molecule has 0 aromatic rings. The zero-order valence-corrected chi connectivity index (χ0v) is 18.3. The molecule has 0 saturated carbocycles. The van der Waals surface area contributed by atoms with Crippen LogP contribution in [-0.2, 0) is 23.8 Å². The number of hydrogen-bond acceptors (Lipinski definition) is 6. The van der Waals surface area contributed by atoms with Gasteiger partial charge in [0.15, 0.2) is 0 Å². The normalized spacial score (nSPS) is 26.6. The number of methoxy groups -OCH3 is 1. The van der Waals surface area contributed by atoms with E-state index in [1.165, 1.54) is 7.11 Å². The molecular formula is C17H31NaO7. The average Bonchev–Trinajstić information content (AvgIpc) is 2.46. The van der Waals surface area contributed by atoms with Crippen molar-refractivity contribution in [1.29, 1.82) is 0 Å². The molecule has 25 heavy (non-hydrogen) atoms. The Bertz CT molecular complexity index is 403. The Kier molecular flexibility index (Phi) is 12.5. The number of hydrogen-bond donors (Lipinski definition) is 1. The van der Waals surface area contributed by atoms with Gasteiger partial charge in [-0.15, -0.1) is 0 Å². The second kappa shape index (κ2) is 11.5. The summed E-state index contributed by atoms with van der Waals surface area (Å²) >= 11 is 0. The quantitative estimate of drug-likeness (QED) is 0.513. The van der Waals surface area contributed by atoms with E-state index >= 15 is 0 Å². The van der Waals surface area contributed by atoms with Crippen LogP contribution in [-0.4, -0.2) is 54.0 Å². The first-order chi connectivity index (χ1) is 10.6. The molecule has 0 aliphatic carbocycles. The molecule has 2 saturated heterocycles. The summed E-state index contributed by atoms with van der Waals surface area (Å²) in [4.78, 5) is 21.6. The van der Waals surface area contributed by atoms with Gasteiger partial charge >= 0.3 is 41.5 Å². The molecule has 0 unspecified atom stereocenters. The maximum absolute atomic E-state index is 11.1. The predicted molar refractivity (Wildman–Crippen MR) is 87.1 cm³/mol. The molecule has 0 bridgehead atoms. The summed E-state index contributed by atoms with van der Waals surface area (Å²) in [5, 5.41) is 8.63. The van der Waals surface area contributed by atoms with Crippen LogP contribution in [0.5, 0.6) is 0 Å². The van der Waals surface area contributed by atoms with Gasteiger partial charge in [0.25, 0.3) is 0 Å². The maximum Gasteiger partial charge on any atom is 1.00 e. The summed E-state index contributed by atoms with van der Waals surface area (Å²) in [6.45, 7) is 8.93. The summed E-state index contributed by atoms with van der Waals surface area (Å²) < 4.78 is 15.5. The number of carbonyl (C=O) groups is 2. The summed E-state index contributed by atoms with van der Waals surface area (Å²) in [5.74, 6) is -1.22. The van der Waals surface area contributed by atoms with Crippen LogP contribution >= 0.6 is 0 Å². The van der Waals surface area contributed by atoms with Crippen molar-refractivity contribution in [2.75, 3.05) is 20.3 Å². The molecule has 2 N–H and O–H groups in total. The molecule has 2 atom stereocenters. The topological polar surface area (TPSA) is 112 Å². The molecule has 0 amide bonds. The smallest absolute Gasteiger partial charge is 0.870 e. The van der Waals surface area contributed by atoms with Crippen molar-refractivity contribution in [2.45, 2.75) is 64.6 Å². The molecule has 0 aromatic heterocycles. The van der Waals surface area contributed by atoms with Crippen molar-refractivity contribution in [3.05, 3.63) is 0 Å². The first-order valence-electron chi connectivity index (χ1n) is 8.15. The number of rotatable bonds is 2. The first kappa shape index (κ1) is 27.0. The molecule has 2 aliphatic heterocycles.